The van der Waals surface area contributed by atoms with Gasteiger partial charge >= 0.3 is 5.97 Å². The predicted molar refractivity (Wildman–Crippen MR) is 127 cm³/mol. The summed E-state index contributed by atoms with van der Waals surface area (Å²) in [5.41, 5.74) is 5.48. The Balaban J connectivity index is 1.33. The smallest absolute Gasteiger partial charge is 0.306 e. The van der Waals surface area contributed by atoms with Crippen molar-refractivity contribution in [2.24, 2.45) is 0 Å². The Hall–Kier alpha value is -3.72. The number of carbonyl (C=O) groups is 4. The Labute approximate surface area is 198 Å². The number of hydrazine groups is 1. The summed E-state index contributed by atoms with van der Waals surface area (Å²) in [4.78, 5) is 47.7. The summed E-state index contributed by atoms with van der Waals surface area (Å²) in [6.45, 7) is -0.540. The molecule has 3 aromatic rings. The molecular formula is C24H22BrN3O5. The van der Waals surface area contributed by atoms with Gasteiger partial charge in [0.2, 0.25) is 5.91 Å². The summed E-state index contributed by atoms with van der Waals surface area (Å²) in [7, 11) is 0. The summed E-state index contributed by atoms with van der Waals surface area (Å²) >= 11 is 3.27. The number of hydrogen-bond acceptors (Lipinski definition) is 5. The number of hydrogen-bond donors (Lipinski definition) is 3. The minimum atomic E-state index is -0.678. The van der Waals surface area contributed by atoms with Gasteiger partial charge in [-0.15, -0.1) is 0 Å². The van der Waals surface area contributed by atoms with Crippen molar-refractivity contribution in [2.45, 2.75) is 19.3 Å². The molecule has 0 saturated carbocycles. The zero-order valence-electron chi connectivity index (χ0n) is 17.6. The number of ether oxygens (including phenoxy) is 1. The first kappa shape index (κ1) is 23.9. The van der Waals surface area contributed by atoms with E-state index in [1.54, 1.807) is 24.3 Å². The van der Waals surface area contributed by atoms with Gasteiger partial charge in [0.15, 0.2) is 6.61 Å². The molecule has 0 aliphatic heterocycles. The molecule has 0 unspecified atom stereocenters. The Morgan fingerprint density at radius 1 is 0.788 bits per heavy atom. The second-order valence-electron chi connectivity index (χ2n) is 7.10. The van der Waals surface area contributed by atoms with E-state index in [1.165, 1.54) is 0 Å². The van der Waals surface area contributed by atoms with Crippen molar-refractivity contribution in [1.82, 2.24) is 10.9 Å². The van der Waals surface area contributed by atoms with Crippen LogP contribution in [-0.2, 0) is 19.1 Å². The SMILES string of the molecule is O=C(COC(=O)CCCC(=O)Nc1cccc2ccccc12)NNC(=O)c1ccc(Br)cc1. The average Bonchev–Trinajstić information content (AvgIpc) is 2.82. The second-order valence-corrected chi connectivity index (χ2v) is 8.01. The van der Waals surface area contributed by atoms with Gasteiger partial charge in [0.25, 0.3) is 11.8 Å². The van der Waals surface area contributed by atoms with Gasteiger partial charge in [0, 0.05) is 34.0 Å². The Morgan fingerprint density at radius 3 is 2.30 bits per heavy atom. The van der Waals surface area contributed by atoms with E-state index in [4.69, 9.17) is 4.74 Å². The first-order valence-corrected chi connectivity index (χ1v) is 11.0. The lowest BCUT2D eigenvalue weighted by Crippen LogP contribution is -2.43. The Kier molecular flexibility index (Phi) is 8.54. The Morgan fingerprint density at radius 2 is 1.52 bits per heavy atom. The largest absolute Gasteiger partial charge is 0.455 e. The minimum Gasteiger partial charge on any atom is -0.455 e. The lowest BCUT2D eigenvalue weighted by atomic mass is 10.1. The van der Waals surface area contributed by atoms with Crippen LogP contribution in [0.3, 0.4) is 0 Å². The summed E-state index contributed by atoms with van der Waals surface area (Å²) in [5.74, 6) is -2.00. The molecule has 0 atom stereocenters. The van der Waals surface area contributed by atoms with Crippen LogP contribution in [0.5, 0.6) is 0 Å². The van der Waals surface area contributed by atoms with Crippen LogP contribution < -0.4 is 16.2 Å². The van der Waals surface area contributed by atoms with Crippen LogP contribution in [0.25, 0.3) is 10.8 Å². The fourth-order valence-corrected chi connectivity index (χ4v) is 3.26. The number of amides is 3. The third kappa shape index (κ3) is 7.43. The minimum absolute atomic E-state index is 0.0124. The summed E-state index contributed by atoms with van der Waals surface area (Å²) in [6.07, 6.45) is 0.395. The van der Waals surface area contributed by atoms with Crippen LogP contribution in [0.15, 0.2) is 71.2 Å². The zero-order chi connectivity index (χ0) is 23.6. The van der Waals surface area contributed by atoms with Crippen LogP contribution in [0, 0.1) is 0 Å². The molecule has 9 heteroatoms. The maximum atomic E-state index is 12.2. The third-order valence-corrected chi connectivity index (χ3v) is 5.16. The van der Waals surface area contributed by atoms with Crippen molar-refractivity contribution in [3.05, 3.63) is 76.8 Å². The molecule has 0 heterocycles. The molecule has 0 saturated heterocycles. The molecule has 0 spiro atoms. The molecule has 3 rings (SSSR count). The number of anilines is 1. The lowest BCUT2D eigenvalue weighted by Gasteiger charge is -2.09. The predicted octanol–water partition coefficient (Wildman–Crippen LogP) is 3.72. The first-order chi connectivity index (χ1) is 15.9. The highest BCUT2D eigenvalue weighted by Gasteiger charge is 2.11. The third-order valence-electron chi connectivity index (χ3n) is 4.63. The number of esters is 1. The molecule has 0 aliphatic carbocycles. The van der Waals surface area contributed by atoms with E-state index in [-0.39, 0.29) is 25.2 Å². The molecule has 0 fully saturated rings. The molecular weight excluding hydrogens is 490 g/mol. The number of halogens is 1. The van der Waals surface area contributed by atoms with Gasteiger partial charge in [0.05, 0.1) is 0 Å². The fraction of sp³-hybridized carbons (Fsp3) is 0.167. The van der Waals surface area contributed by atoms with Gasteiger partial charge in [-0.1, -0.05) is 52.3 Å². The van der Waals surface area contributed by atoms with E-state index in [0.29, 0.717) is 11.3 Å². The summed E-state index contributed by atoms with van der Waals surface area (Å²) in [6, 6.07) is 19.9. The molecule has 3 aromatic carbocycles. The van der Waals surface area contributed by atoms with E-state index >= 15 is 0 Å². The average molecular weight is 512 g/mol. The van der Waals surface area contributed by atoms with E-state index in [1.807, 2.05) is 42.5 Å². The fourth-order valence-electron chi connectivity index (χ4n) is 2.99. The van der Waals surface area contributed by atoms with Gasteiger partial charge in [-0.25, -0.2) is 0 Å². The maximum absolute atomic E-state index is 12.2. The van der Waals surface area contributed by atoms with Gasteiger partial charge in [-0.05, 0) is 42.1 Å². The molecule has 0 bridgehead atoms. The topological polar surface area (TPSA) is 114 Å². The normalized spacial score (nSPS) is 10.3. The maximum Gasteiger partial charge on any atom is 0.306 e. The molecule has 0 aromatic heterocycles. The highest BCUT2D eigenvalue weighted by Crippen LogP contribution is 2.23. The highest BCUT2D eigenvalue weighted by molar-refractivity contribution is 9.10. The molecule has 3 N–H and O–H groups in total. The summed E-state index contributed by atoms with van der Waals surface area (Å²) in [5, 5.41) is 4.81. The van der Waals surface area contributed by atoms with Crippen LogP contribution in [0.1, 0.15) is 29.6 Å². The van der Waals surface area contributed by atoms with Crippen LogP contribution in [0.4, 0.5) is 5.69 Å². The lowest BCUT2D eigenvalue weighted by molar-refractivity contribution is -0.148. The van der Waals surface area contributed by atoms with E-state index in [2.05, 4.69) is 32.1 Å². The van der Waals surface area contributed by atoms with Crippen molar-refractivity contribution < 1.29 is 23.9 Å². The van der Waals surface area contributed by atoms with Gasteiger partial charge in [0.1, 0.15) is 0 Å². The highest BCUT2D eigenvalue weighted by atomic mass is 79.9. The van der Waals surface area contributed by atoms with Crippen LogP contribution >= 0.6 is 15.9 Å². The quantitative estimate of drug-likeness (QED) is 0.315. The summed E-state index contributed by atoms with van der Waals surface area (Å²) < 4.78 is 5.70. The van der Waals surface area contributed by atoms with Crippen molar-refractivity contribution in [2.75, 3.05) is 11.9 Å². The van der Waals surface area contributed by atoms with E-state index < -0.39 is 24.4 Å². The van der Waals surface area contributed by atoms with Crippen molar-refractivity contribution in [3.63, 3.8) is 0 Å². The van der Waals surface area contributed by atoms with Crippen LogP contribution in [-0.4, -0.2) is 30.3 Å². The molecule has 170 valence electrons. The van der Waals surface area contributed by atoms with Crippen molar-refractivity contribution >= 4 is 56.1 Å². The van der Waals surface area contributed by atoms with Crippen LogP contribution in [0.2, 0.25) is 0 Å². The van der Waals surface area contributed by atoms with Gasteiger partial charge < -0.3 is 10.1 Å². The van der Waals surface area contributed by atoms with Gasteiger partial charge in [-0.2, -0.15) is 0 Å². The zero-order valence-corrected chi connectivity index (χ0v) is 19.2. The monoisotopic (exact) mass is 511 g/mol. The number of nitrogens with one attached hydrogen (secondary N) is 3. The Bertz CT molecular complexity index is 1160. The van der Waals surface area contributed by atoms with Crippen molar-refractivity contribution in [3.8, 4) is 0 Å². The number of fused-ring (bicyclic) bond motifs is 1. The molecule has 33 heavy (non-hydrogen) atoms. The number of benzene rings is 3. The molecule has 8 nitrogen and oxygen atoms in total. The molecule has 3 amide bonds. The first-order valence-electron chi connectivity index (χ1n) is 10.2. The number of carbonyl (C=O) groups excluding carboxylic acids is 4. The van der Waals surface area contributed by atoms with Crippen molar-refractivity contribution in [1.29, 1.82) is 0 Å². The number of rotatable bonds is 8. The van der Waals surface area contributed by atoms with E-state index in [0.717, 1.165) is 15.2 Å². The second kappa shape index (κ2) is 11.8. The standard InChI is InChI=1S/C24H22BrN3O5/c25-18-13-11-17(12-14-18)24(32)28-27-22(30)15-33-23(31)10-4-9-21(29)26-20-8-3-6-16-5-1-2-7-19(16)20/h1-3,5-8,11-14H,4,9-10,15H2,(H,26,29)(H,27,30)(H,28,32). The van der Waals surface area contributed by atoms with Gasteiger partial charge in [-0.3, -0.25) is 30.0 Å². The molecule has 0 radical (unpaired) electrons. The molecule has 0 aliphatic rings. The van der Waals surface area contributed by atoms with E-state index in [9.17, 15) is 19.2 Å².